The summed E-state index contributed by atoms with van der Waals surface area (Å²) in [5.41, 5.74) is -0.730. The maximum Gasteiger partial charge on any atom is 0.416 e. The molecule has 1 aromatic carbocycles. The number of Topliss-reactive ketones (excluding diaryl/α,β-unsaturated/α-hetero) is 1. The molecule has 1 aromatic rings. The lowest BCUT2D eigenvalue weighted by atomic mass is 10.0. The Kier molecular flexibility index (Phi) is 3.86. The highest BCUT2D eigenvalue weighted by atomic mass is 35.5. The third kappa shape index (κ3) is 2.68. The van der Waals surface area contributed by atoms with E-state index in [1.807, 2.05) is 0 Å². The summed E-state index contributed by atoms with van der Waals surface area (Å²) in [6.07, 6.45) is -4.53. The fraction of sp³-hybridized carbons (Fsp3) is 0.300. The zero-order valence-electron chi connectivity index (χ0n) is 8.16. The molecule has 0 heterocycles. The molecule has 0 fully saturated rings. The zero-order valence-corrected chi connectivity index (χ0v) is 9.67. The van der Waals surface area contributed by atoms with Crippen molar-refractivity contribution in [3.05, 3.63) is 33.8 Å². The minimum Gasteiger partial charge on any atom is -0.293 e. The SMILES string of the molecule is Cc1c(Cl)cc(C(F)(F)F)cc1C(=O)CCl. The van der Waals surface area contributed by atoms with Crippen LogP contribution in [0.25, 0.3) is 0 Å². The van der Waals surface area contributed by atoms with Crippen LogP contribution in [0.1, 0.15) is 21.5 Å². The van der Waals surface area contributed by atoms with Crippen molar-refractivity contribution >= 4 is 29.0 Å². The number of halogens is 5. The van der Waals surface area contributed by atoms with Gasteiger partial charge in [-0.3, -0.25) is 4.79 Å². The highest BCUT2D eigenvalue weighted by molar-refractivity contribution is 6.33. The largest absolute Gasteiger partial charge is 0.416 e. The first-order valence-electron chi connectivity index (χ1n) is 4.24. The molecule has 0 aliphatic carbocycles. The van der Waals surface area contributed by atoms with E-state index in [0.29, 0.717) is 5.56 Å². The first-order valence-corrected chi connectivity index (χ1v) is 5.15. The number of carbonyl (C=O) groups is 1. The highest BCUT2D eigenvalue weighted by Crippen LogP contribution is 2.33. The average Bonchev–Trinajstić information content (AvgIpc) is 2.19. The second-order valence-corrected chi connectivity index (χ2v) is 3.86. The number of hydrogen-bond acceptors (Lipinski definition) is 1. The number of alkyl halides is 4. The van der Waals surface area contributed by atoms with Crippen LogP contribution in [-0.2, 0) is 6.18 Å². The molecule has 0 aromatic heterocycles. The van der Waals surface area contributed by atoms with Crippen molar-refractivity contribution in [2.24, 2.45) is 0 Å². The number of ketones is 1. The lowest BCUT2D eigenvalue weighted by Crippen LogP contribution is -2.10. The monoisotopic (exact) mass is 270 g/mol. The van der Waals surface area contributed by atoms with Crippen LogP contribution in [0.4, 0.5) is 13.2 Å². The Morgan fingerprint density at radius 2 is 1.94 bits per heavy atom. The van der Waals surface area contributed by atoms with E-state index in [9.17, 15) is 18.0 Å². The Balaban J connectivity index is 3.39. The van der Waals surface area contributed by atoms with Gasteiger partial charge in [-0.25, -0.2) is 0 Å². The Bertz CT molecular complexity index is 427. The molecular weight excluding hydrogens is 264 g/mol. The predicted octanol–water partition coefficient (Wildman–Crippen LogP) is 4.09. The Morgan fingerprint density at radius 3 is 2.38 bits per heavy atom. The van der Waals surface area contributed by atoms with Crippen molar-refractivity contribution in [1.82, 2.24) is 0 Å². The van der Waals surface area contributed by atoms with Crippen molar-refractivity contribution in [1.29, 1.82) is 0 Å². The second-order valence-electron chi connectivity index (χ2n) is 3.19. The highest BCUT2D eigenvalue weighted by Gasteiger charge is 2.32. The van der Waals surface area contributed by atoms with Gasteiger partial charge in [-0.05, 0) is 24.6 Å². The van der Waals surface area contributed by atoms with E-state index in [-0.39, 0.29) is 16.5 Å². The van der Waals surface area contributed by atoms with E-state index in [2.05, 4.69) is 0 Å². The zero-order chi connectivity index (χ0) is 12.5. The van der Waals surface area contributed by atoms with Gasteiger partial charge >= 0.3 is 6.18 Å². The van der Waals surface area contributed by atoms with Crippen LogP contribution in [0.15, 0.2) is 12.1 Å². The molecule has 0 bridgehead atoms. The van der Waals surface area contributed by atoms with Gasteiger partial charge in [-0.1, -0.05) is 11.6 Å². The van der Waals surface area contributed by atoms with Crippen LogP contribution < -0.4 is 0 Å². The molecule has 0 aliphatic heterocycles. The van der Waals surface area contributed by atoms with Gasteiger partial charge in [0.2, 0.25) is 0 Å². The maximum atomic E-state index is 12.4. The lowest BCUT2D eigenvalue weighted by molar-refractivity contribution is -0.137. The summed E-state index contributed by atoms with van der Waals surface area (Å²) < 4.78 is 37.3. The molecular formula is C10H7Cl2F3O. The Labute approximate surface area is 100 Å². The summed E-state index contributed by atoms with van der Waals surface area (Å²) in [7, 11) is 0. The minimum atomic E-state index is -4.53. The molecule has 0 radical (unpaired) electrons. The number of rotatable bonds is 2. The van der Waals surface area contributed by atoms with Crippen LogP contribution in [0, 0.1) is 6.92 Å². The van der Waals surface area contributed by atoms with Crippen molar-refractivity contribution in [2.75, 3.05) is 5.88 Å². The van der Waals surface area contributed by atoms with E-state index in [1.165, 1.54) is 6.92 Å². The molecule has 0 spiro atoms. The molecule has 88 valence electrons. The molecule has 0 N–H and O–H groups in total. The first-order chi connectivity index (χ1) is 7.27. The summed E-state index contributed by atoms with van der Waals surface area (Å²) in [5, 5.41) is -0.0942. The standard InChI is InChI=1S/C10H7Cl2F3O/c1-5-7(9(16)4-11)2-6(3-8(5)12)10(13,14)15/h2-3H,4H2,1H3. The molecule has 1 nitrogen and oxygen atoms in total. The van der Waals surface area contributed by atoms with Gasteiger partial charge in [0.05, 0.1) is 11.4 Å². The fourth-order valence-electron chi connectivity index (χ4n) is 1.20. The van der Waals surface area contributed by atoms with E-state index in [4.69, 9.17) is 23.2 Å². The van der Waals surface area contributed by atoms with Crippen molar-refractivity contribution in [3.8, 4) is 0 Å². The van der Waals surface area contributed by atoms with E-state index >= 15 is 0 Å². The first kappa shape index (κ1) is 13.3. The van der Waals surface area contributed by atoms with Gasteiger partial charge in [-0.2, -0.15) is 13.2 Å². The molecule has 1 rings (SSSR count). The molecule has 6 heteroatoms. The average molecular weight is 271 g/mol. The summed E-state index contributed by atoms with van der Waals surface area (Å²) in [6.45, 7) is 1.47. The molecule has 0 unspecified atom stereocenters. The van der Waals surface area contributed by atoms with Gasteiger partial charge < -0.3 is 0 Å². The number of hydrogen-bond donors (Lipinski definition) is 0. The van der Waals surface area contributed by atoms with Gasteiger partial charge in [-0.15, -0.1) is 11.6 Å². The smallest absolute Gasteiger partial charge is 0.293 e. The Morgan fingerprint density at radius 1 is 1.38 bits per heavy atom. The second kappa shape index (κ2) is 4.63. The molecule has 0 aliphatic rings. The summed E-state index contributed by atoms with van der Waals surface area (Å²) in [6, 6.07) is 1.56. The molecule has 0 saturated carbocycles. The predicted molar refractivity (Wildman–Crippen MR) is 56.2 cm³/mol. The van der Waals surface area contributed by atoms with Crippen LogP contribution in [-0.4, -0.2) is 11.7 Å². The van der Waals surface area contributed by atoms with E-state index in [0.717, 1.165) is 12.1 Å². The fourth-order valence-corrected chi connectivity index (χ4v) is 1.57. The Hall–Kier alpha value is -0.740. The third-order valence-corrected chi connectivity index (χ3v) is 2.73. The number of carbonyl (C=O) groups excluding carboxylic acids is 1. The van der Waals surface area contributed by atoms with E-state index < -0.39 is 17.5 Å². The lowest BCUT2D eigenvalue weighted by Gasteiger charge is -2.11. The molecule has 0 atom stereocenters. The van der Waals surface area contributed by atoms with E-state index in [1.54, 1.807) is 0 Å². The molecule has 0 amide bonds. The summed E-state index contributed by atoms with van der Waals surface area (Å²) >= 11 is 10.9. The normalized spacial score (nSPS) is 11.6. The number of benzene rings is 1. The van der Waals surface area contributed by atoms with Gasteiger partial charge in [0.15, 0.2) is 5.78 Å². The molecule has 16 heavy (non-hydrogen) atoms. The quantitative estimate of drug-likeness (QED) is 0.585. The topological polar surface area (TPSA) is 17.1 Å². The summed E-state index contributed by atoms with van der Waals surface area (Å²) in [4.78, 5) is 11.3. The maximum absolute atomic E-state index is 12.4. The van der Waals surface area contributed by atoms with Crippen molar-refractivity contribution < 1.29 is 18.0 Å². The minimum absolute atomic E-state index is 0.0881. The summed E-state index contributed by atoms with van der Waals surface area (Å²) in [5.74, 6) is -0.953. The van der Waals surface area contributed by atoms with Crippen LogP contribution >= 0.6 is 23.2 Å². The van der Waals surface area contributed by atoms with Crippen LogP contribution in [0.2, 0.25) is 5.02 Å². The van der Waals surface area contributed by atoms with Crippen LogP contribution in [0.3, 0.4) is 0 Å². The molecule has 0 saturated heterocycles. The van der Waals surface area contributed by atoms with Gasteiger partial charge in [0.25, 0.3) is 0 Å². The van der Waals surface area contributed by atoms with Crippen LogP contribution in [0.5, 0.6) is 0 Å². The van der Waals surface area contributed by atoms with Crippen molar-refractivity contribution in [3.63, 3.8) is 0 Å². The van der Waals surface area contributed by atoms with Gasteiger partial charge in [0, 0.05) is 10.6 Å². The van der Waals surface area contributed by atoms with Gasteiger partial charge in [0.1, 0.15) is 0 Å². The van der Waals surface area contributed by atoms with Crippen molar-refractivity contribution in [2.45, 2.75) is 13.1 Å². The third-order valence-electron chi connectivity index (χ3n) is 2.09.